The van der Waals surface area contributed by atoms with Gasteiger partial charge in [-0.15, -0.1) is 0 Å². The van der Waals surface area contributed by atoms with Crippen LogP contribution in [0.2, 0.25) is 0 Å². The van der Waals surface area contributed by atoms with Crippen molar-refractivity contribution in [3.63, 3.8) is 0 Å². The van der Waals surface area contributed by atoms with Gasteiger partial charge in [0.05, 0.1) is 11.4 Å². The molecule has 0 saturated carbocycles. The van der Waals surface area contributed by atoms with Crippen LogP contribution in [0.4, 0.5) is 11.4 Å². The van der Waals surface area contributed by atoms with Crippen LogP contribution in [0.5, 0.6) is 0 Å². The Morgan fingerprint density at radius 1 is 1.29 bits per heavy atom. The molecule has 0 aliphatic heterocycles. The first-order valence-electron chi connectivity index (χ1n) is 6.89. The molecule has 5 nitrogen and oxygen atoms in total. The first-order chi connectivity index (χ1) is 10.1. The Morgan fingerprint density at radius 2 is 2.00 bits per heavy atom. The number of amides is 1. The summed E-state index contributed by atoms with van der Waals surface area (Å²) in [5.74, 6) is -0.104. The van der Waals surface area contributed by atoms with E-state index in [2.05, 4.69) is 10.3 Å². The van der Waals surface area contributed by atoms with Crippen LogP contribution in [0.1, 0.15) is 22.8 Å². The van der Waals surface area contributed by atoms with Gasteiger partial charge >= 0.3 is 0 Å². The fraction of sp³-hybridized carbons (Fsp3) is 0.250. The van der Waals surface area contributed by atoms with E-state index in [0.29, 0.717) is 17.8 Å². The van der Waals surface area contributed by atoms with Crippen LogP contribution in [0.25, 0.3) is 0 Å². The molecule has 0 saturated heterocycles. The molecule has 0 spiro atoms. The maximum atomic E-state index is 11.8. The van der Waals surface area contributed by atoms with Gasteiger partial charge < -0.3 is 16.0 Å². The van der Waals surface area contributed by atoms with Crippen molar-refractivity contribution < 1.29 is 4.79 Å². The van der Waals surface area contributed by atoms with Crippen LogP contribution in [-0.4, -0.2) is 24.5 Å². The van der Waals surface area contributed by atoms with Crippen LogP contribution in [-0.2, 0) is 6.54 Å². The zero-order chi connectivity index (χ0) is 15.2. The predicted molar refractivity (Wildman–Crippen MR) is 85.2 cm³/mol. The fourth-order valence-corrected chi connectivity index (χ4v) is 2.15. The minimum absolute atomic E-state index is 0.104. The second-order valence-electron chi connectivity index (χ2n) is 4.84. The maximum absolute atomic E-state index is 11.8. The lowest BCUT2D eigenvalue weighted by molar-refractivity contribution is 0.0956. The van der Waals surface area contributed by atoms with Gasteiger partial charge in [0.2, 0.25) is 0 Å². The number of rotatable bonds is 5. The lowest BCUT2D eigenvalue weighted by Gasteiger charge is -2.21. The van der Waals surface area contributed by atoms with Crippen molar-refractivity contribution in [3.05, 3.63) is 53.9 Å². The molecule has 0 fully saturated rings. The minimum Gasteiger partial charge on any atom is -0.397 e. The van der Waals surface area contributed by atoms with Crippen molar-refractivity contribution in [2.75, 3.05) is 24.2 Å². The molecule has 0 atom stereocenters. The van der Waals surface area contributed by atoms with Gasteiger partial charge in [-0.3, -0.25) is 9.78 Å². The highest BCUT2D eigenvalue weighted by atomic mass is 16.1. The molecule has 0 bridgehead atoms. The summed E-state index contributed by atoms with van der Waals surface area (Å²) in [7, 11) is 1.97. The lowest BCUT2D eigenvalue weighted by atomic mass is 10.1. The number of carbonyl (C=O) groups is 1. The molecule has 0 aliphatic carbocycles. The van der Waals surface area contributed by atoms with Gasteiger partial charge in [-0.2, -0.15) is 0 Å². The number of nitrogens with zero attached hydrogens (tertiary/aromatic N) is 2. The maximum Gasteiger partial charge on any atom is 0.251 e. The minimum atomic E-state index is -0.104. The number of pyridine rings is 1. The standard InChI is InChI=1S/C16H20N4O/c1-3-19-16(21)13-4-5-15(14(17)10-13)20(2)11-12-6-8-18-9-7-12/h4-10H,3,11,17H2,1-2H3,(H,19,21). The van der Waals surface area contributed by atoms with E-state index in [4.69, 9.17) is 5.73 Å². The van der Waals surface area contributed by atoms with E-state index in [9.17, 15) is 4.79 Å². The second kappa shape index (κ2) is 6.74. The van der Waals surface area contributed by atoms with Gasteiger partial charge in [0.25, 0.3) is 5.91 Å². The van der Waals surface area contributed by atoms with Crippen LogP contribution in [0.3, 0.4) is 0 Å². The summed E-state index contributed by atoms with van der Waals surface area (Å²) in [6.07, 6.45) is 3.54. The van der Waals surface area contributed by atoms with E-state index in [1.54, 1.807) is 24.5 Å². The van der Waals surface area contributed by atoms with Gasteiger partial charge in [0, 0.05) is 38.1 Å². The highest BCUT2D eigenvalue weighted by molar-refractivity contribution is 5.96. The van der Waals surface area contributed by atoms with Crippen molar-refractivity contribution in [2.45, 2.75) is 13.5 Å². The third kappa shape index (κ3) is 3.72. The molecule has 0 aliphatic rings. The molecule has 1 amide bonds. The summed E-state index contributed by atoms with van der Waals surface area (Å²) < 4.78 is 0. The fourth-order valence-electron chi connectivity index (χ4n) is 2.15. The van der Waals surface area contributed by atoms with E-state index in [1.807, 2.05) is 37.1 Å². The summed E-state index contributed by atoms with van der Waals surface area (Å²) in [5, 5.41) is 2.76. The van der Waals surface area contributed by atoms with E-state index in [0.717, 1.165) is 17.8 Å². The van der Waals surface area contributed by atoms with Crippen LogP contribution in [0, 0.1) is 0 Å². The normalized spacial score (nSPS) is 10.2. The highest BCUT2D eigenvalue weighted by Gasteiger charge is 2.10. The van der Waals surface area contributed by atoms with Gasteiger partial charge in [-0.1, -0.05) is 0 Å². The predicted octanol–water partition coefficient (Wildman–Crippen LogP) is 2.05. The number of nitrogens with two attached hydrogens (primary N) is 1. The molecule has 2 aromatic rings. The molecule has 5 heteroatoms. The van der Waals surface area contributed by atoms with Crippen molar-refractivity contribution in [2.24, 2.45) is 0 Å². The second-order valence-corrected chi connectivity index (χ2v) is 4.84. The SMILES string of the molecule is CCNC(=O)c1ccc(N(C)Cc2ccncc2)c(N)c1. The van der Waals surface area contributed by atoms with E-state index in [1.165, 1.54) is 0 Å². The van der Waals surface area contributed by atoms with Gasteiger partial charge in [-0.25, -0.2) is 0 Å². The van der Waals surface area contributed by atoms with Crippen LogP contribution in [0.15, 0.2) is 42.7 Å². The highest BCUT2D eigenvalue weighted by Crippen LogP contribution is 2.24. The van der Waals surface area contributed by atoms with Crippen molar-refractivity contribution in [1.82, 2.24) is 10.3 Å². The molecule has 21 heavy (non-hydrogen) atoms. The molecule has 1 aromatic heterocycles. The number of aromatic nitrogens is 1. The number of hydrogen-bond acceptors (Lipinski definition) is 4. The van der Waals surface area contributed by atoms with Crippen molar-refractivity contribution in [3.8, 4) is 0 Å². The molecule has 1 aromatic carbocycles. The molecule has 3 N–H and O–H groups in total. The van der Waals surface area contributed by atoms with Gasteiger partial charge in [0.15, 0.2) is 0 Å². The molecular formula is C16H20N4O. The first-order valence-corrected chi connectivity index (χ1v) is 6.89. The summed E-state index contributed by atoms with van der Waals surface area (Å²) >= 11 is 0. The van der Waals surface area contributed by atoms with Crippen LogP contribution >= 0.6 is 0 Å². The largest absolute Gasteiger partial charge is 0.397 e. The average Bonchev–Trinajstić information content (AvgIpc) is 2.48. The smallest absolute Gasteiger partial charge is 0.251 e. The van der Waals surface area contributed by atoms with E-state index >= 15 is 0 Å². The first kappa shape index (κ1) is 14.8. The number of nitrogen functional groups attached to an aromatic ring is 1. The van der Waals surface area contributed by atoms with Crippen molar-refractivity contribution >= 4 is 17.3 Å². The molecule has 110 valence electrons. The summed E-state index contributed by atoms with van der Waals surface area (Å²) in [5.41, 5.74) is 9.30. The Labute approximate surface area is 124 Å². The number of hydrogen-bond donors (Lipinski definition) is 2. The Balaban J connectivity index is 2.15. The average molecular weight is 284 g/mol. The Kier molecular flexibility index (Phi) is 4.77. The van der Waals surface area contributed by atoms with Crippen molar-refractivity contribution in [1.29, 1.82) is 0 Å². The summed E-state index contributed by atoms with van der Waals surface area (Å²) in [6.45, 7) is 3.22. The van der Waals surface area contributed by atoms with E-state index < -0.39 is 0 Å². The van der Waals surface area contributed by atoms with Gasteiger partial charge in [-0.05, 0) is 42.8 Å². The topological polar surface area (TPSA) is 71.2 Å². The Morgan fingerprint density at radius 3 is 2.62 bits per heavy atom. The summed E-state index contributed by atoms with van der Waals surface area (Å²) in [6, 6.07) is 9.32. The molecule has 2 rings (SSSR count). The number of carbonyl (C=O) groups excluding carboxylic acids is 1. The molecule has 0 radical (unpaired) electrons. The van der Waals surface area contributed by atoms with E-state index in [-0.39, 0.29) is 5.91 Å². The molecular weight excluding hydrogens is 264 g/mol. The lowest BCUT2D eigenvalue weighted by Crippen LogP contribution is -2.23. The number of anilines is 2. The Bertz CT molecular complexity index is 613. The number of benzene rings is 1. The summed E-state index contributed by atoms with van der Waals surface area (Å²) in [4.78, 5) is 17.8. The monoisotopic (exact) mass is 284 g/mol. The third-order valence-corrected chi connectivity index (χ3v) is 3.21. The zero-order valence-electron chi connectivity index (χ0n) is 12.3. The molecule has 1 heterocycles. The molecule has 0 unspecified atom stereocenters. The van der Waals surface area contributed by atoms with Crippen LogP contribution < -0.4 is 16.0 Å². The zero-order valence-corrected chi connectivity index (χ0v) is 12.3. The third-order valence-electron chi connectivity index (χ3n) is 3.21. The Hall–Kier alpha value is -2.56. The quantitative estimate of drug-likeness (QED) is 0.824. The number of nitrogens with one attached hydrogen (secondary N) is 1. The van der Waals surface area contributed by atoms with Gasteiger partial charge in [0.1, 0.15) is 0 Å².